The van der Waals surface area contributed by atoms with Crippen molar-refractivity contribution in [2.75, 3.05) is 21.1 Å². The highest BCUT2D eigenvalue weighted by atomic mass is 16.3. The molecule has 0 fully saturated rings. The van der Waals surface area contributed by atoms with E-state index in [0.717, 1.165) is 0 Å². The van der Waals surface area contributed by atoms with Crippen LogP contribution in [0.2, 0.25) is 0 Å². The third-order valence-electron chi connectivity index (χ3n) is 1.12. The van der Waals surface area contributed by atoms with Crippen molar-refractivity contribution in [1.82, 2.24) is 0 Å². The van der Waals surface area contributed by atoms with Crippen LogP contribution in [0.4, 0.5) is 0 Å². The van der Waals surface area contributed by atoms with Gasteiger partial charge in [0.1, 0.15) is 0 Å². The Morgan fingerprint density at radius 3 is 1.38 bits per heavy atom. The zero-order chi connectivity index (χ0) is 6.08. The molecule has 0 spiro atoms. The molecule has 4 radical (unpaired) electrons. The summed E-state index contributed by atoms with van der Waals surface area (Å²) in [6, 6.07) is 0. The van der Waals surface area contributed by atoms with E-state index in [1.165, 1.54) is 0 Å². The van der Waals surface area contributed by atoms with E-state index in [0.29, 0.717) is 4.48 Å². The van der Waals surface area contributed by atoms with Crippen LogP contribution < -0.4 is 0 Å². The summed E-state index contributed by atoms with van der Waals surface area (Å²) in [6.07, 6.45) is -0.264. The Labute approximate surface area is 53.3 Å². The summed E-state index contributed by atoms with van der Waals surface area (Å²) in [5.41, 5.74) is 0. The molecule has 1 atom stereocenters. The quantitative estimate of drug-likeness (QED) is 0.281. The molecule has 0 amide bonds. The molecule has 48 valence electrons. The second kappa shape index (κ2) is 3.10. The summed E-state index contributed by atoms with van der Waals surface area (Å²) in [5.74, 6) is 0. The van der Waals surface area contributed by atoms with Gasteiger partial charge in [-0.25, -0.2) is 0 Å². The van der Waals surface area contributed by atoms with Crippen molar-refractivity contribution < 1.29 is 9.59 Å². The van der Waals surface area contributed by atoms with Crippen LogP contribution >= 0.6 is 0 Å². The van der Waals surface area contributed by atoms with Gasteiger partial charge in [0, 0.05) is 6.92 Å². The zero-order valence-electron chi connectivity index (χ0n) is 6.05. The van der Waals surface area contributed by atoms with Gasteiger partial charge in [-0.15, -0.1) is 0 Å². The third kappa shape index (κ3) is 4.15. The minimum atomic E-state index is -0.264. The van der Waals surface area contributed by atoms with Crippen molar-refractivity contribution in [2.45, 2.75) is 13.2 Å². The van der Waals surface area contributed by atoms with Crippen LogP contribution in [0, 0.1) is 0 Å². The Morgan fingerprint density at radius 2 is 1.38 bits per heavy atom. The highest BCUT2D eigenvalue weighted by molar-refractivity contribution is 5.75. The van der Waals surface area contributed by atoms with E-state index in [1.54, 1.807) is 6.92 Å². The van der Waals surface area contributed by atoms with Crippen LogP contribution in [0.5, 0.6) is 0 Å². The number of nitrogens with zero attached hydrogens (tertiary/aromatic N) is 1. The summed E-state index contributed by atoms with van der Waals surface area (Å²) in [5, 5.41) is 8.86. The van der Waals surface area contributed by atoms with Crippen LogP contribution in [0.1, 0.15) is 6.92 Å². The van der Waals surface area contributed by atoms with Crippen LogP contribution in [-0.2, 0) is 0 Å². The number of quaternary nitrogens is 1. The minimum Gasteiger partial charge on any atom is -1.00 e. The van der Waals surface area contributed by atoms with Gasteiger partial charge in [-0.3, -0.25) is 0 Å². The van der Waals surface area contributed by atoms with E-state index < -0.39 is 0 Å². The zero-order valence-corrected chi connectivity index (χ0v) is 6.05. The molecule has 0 aromatic carbocycles. The molecular weight excluding hydrogens is 101 g/mol. The summed E-state index contributed by atoms with van der Waals surface area (Å²) in [6.45, 7) is 1.78. The predicted molar refractivity (Wildman–Crippen MR) is 35.5 cm³/mol. The number of aliphatic hydroxyl groups excluding tert-OH is 1. The fourth-order valence-electron chi connectivity index (χ4n) is 0. The lowest BCUT2D eigenvalue weighted by molar-refractivity contribution is -0.916. The maximum Gasteiger partial charge on any atom is 0.187 e. The Morgan fingerprint density at radius 1 is 1.25 bits per heavy atom. The average molecular weight is 115 g/mol. The first-order chi connectivity index (χ1) is 2.94. The van der Waals surface area contributed by atoms with E-state index in [2.05, 4.69) is 0 Å². The number of aliphatic hydroxyl groups is 1. The van der Waals surface area contributed by atoms with Crippen LogP contribution in [0.3, 0.4) is 0 Å². The number of rotatable bonds is 1. The molecule has 0 rings (SSSR count). The number of hydrogen-bond donors (Lipinski definition) is 1. The summed E-state index contributed by atoms with van der Waals surface area (Å²) < 4.78 is 0.611. The molecule has 1 unspecified atom stereocenters. The third-order valence-corrected chi connectivity index (χ3v) is 1.12. The summed E-state index contributed by atoms with van der Waals surface area (Å²) >= 11 is 0. The summed E-state index contributed by atoms with van der Waals surface area (Å²) in [4.78, 5) is 0. The van der Waals surface area contributed by atoms with E-state index in [9.17, 15) is 0 Å². The first-order valence-electron chi connectivity index (χ1n) is 2.44. The molecule has 0 bridgehead atoms. The van der Waals surface area contributed by atoms with Gasteiger partial charge in [0.2, 0.25) is 0 Å². The average Bonchev–Trinajstić information content (AvgIpc) is 1.31. The van der Waals surface area contributed by atoms with Crippen molar-refractivity contribution >= 4 is 8.41 Å². The molecule has 1 N–H and O–H groups in total. The van der Waals surface area contributed by atoms with E-state index in [1.807, 2.05) is 21.1 Å². The maximum absolute atomic E-state index is 8.86. The Balaban J connectivity index is 0. The van der Waals surface area contributed by atoms with Crippen molar-refractivity contribution in [3.63, 3.8) is 0 Å². The van der Waals surface area contributed by atoms with E-state index in [-0.39, 0.29) is 14.6 Å². The molecule has 0 aromatic heterocycles. The fraction of sp³-hybridized carbons (Fsp3) is 1.00. The van der Waals surface area contributed by atoms with Gasteiger partial charge in [0.15, 0.2) is 6.23 Å². The van der Waals surface area contributed by atoms with Crippen molar-refractivity contribution in [3.8, 4) is 0 Å². The molecule has 0 aromatic rings. The van der Waals surface area contributed by atoms with Crippen LogP contribution in [0.25, 0.3) is 0 Å². The van der Waals surface area contributed by atoms with Crippen molar-refractivity contribution in [1.29, 1.82) is 0 Å². The molecule has 0 saturated carbocycles. The number of hydrogen-bond acceptors (Lipinski definition) is 1. The summed E-state index contributed by atoms with van der Waals surface area (Å²) in [7, 11) is 5.85. The van der Waals surface area contributed by atoms with Gasteiger partial charge in [-0.1, -0.05) is 0 Å². The highest BCUT2D eigenvalue weighted by Crippen LogP contribution is 1.94. The second-order valence-electron chi connectivity index (χ2n) is 2.75. The van der Waals surface area contributed by atoms with Crippen molar-refractivity contribution in [2.24, 2.45) is 0 Å². The second-order valence-corrected chi connectivity index (χ2v) is 2.75. The lowest BCUT2D eigenvalue weighted by atomic mass is 10.5. The minimum absolute atomic E-state index is 0. The monoisotopic (exact) mass is 115 g/mol. The molecular formula is C5H14BNO. The predicted octanol–water partition coefficient (Wildman–Crippen LogP) is -0.350. The lowest BCUT2D eigenvalue weighted by Gasteiger charge is -2.26. The largest absolute Gasteiger partial charge is 1.00 e. The van der Waals surface area contributed by atoms with E-state index >= 15 is 0 Å². The van der Waals surface area contributed by atoms with Gasteiger partial charge in [0.25, 0.3) is 0 Å². The van der Waals surface area contributed by atoms with Crippen LogP contribution in [0.15, 0.2) is 0 Å². The molecule has 3 heteroatoms. The Bertz CT molecular complexity index is 57.9. The first kappa shape index (κ1) is 10.9. The molecule has 0 aliphatic rings. The molecule has 8 heavy (non-hydrogen) atoms. The molecule has 0 aliphatic carbocycles. The molecule has 0 saturated heterocycles. The standard InChI is InChI=1S/C5H14NO.B/c1-5(7)6(2,3)4;/h5,7H,1-4H3;/q+1;-1. The van der Waals surface area contributed by atoms with Gasteiger partial charge in [-0.2, -0.15) is 0 Å². The van der Waals surface area contributed by atoms with Gasteiger partial charge in [-0.05, 0) is 0 Å². The van der Waals surface area contributed by atoms with E-state index in [4.69, 9.17) is 5.11 Å². The lowest BCUT2D eigenvalue weighted by Crippen LogP contribution is -2.42. The van der Waals surface area contributed by atoms with Gasteiger partial charge in [0.05, 0.1) is 21.1 Å². The topological polar surface area (TPSA) is 20.2 Å². The van der Waals surface area contributed by atoms with Crippen LogP contribution in [-0.4, -0.2) is 45.4 Å². The maximum atomic E-state index is 8.86. The van der Waals surface area contributed by atoms with Gasteiger partial charge < -0.3 is 18.0 Å². The Kier molecular flexibility index (Phi) is 4.21. The van der Waals surface area contributed by atoms with Gasteiger partial charge >= 0.3 is 0 Å². The normalized spacial score (nSPS) is 14.6. The van der Waals surface area contributed by atoms with Crippen molar-refractivity contribution in [3.05, 3.63) is 0 Å². The smallest absolute Gasteiger partial charge is 0.187 e. The molecule has 0 heterocycles. The Hall–Kier alpha value is -0.0151. The molecule has 2 nitrogen and oxygen atoms in total. The fourth-order valence-corrected chi connectivity index (χ4v) is 0. The first-order valence-corrected chi connectivity index (χ1v) is 2.44. The molecule has 0 aliphatic heterocycles. The highest BCUT2D eigenvalue weighted by Gasteiger charge is 2.12. The SMILES string of the molecule is CC(O)[N+](C)(C)C.[B-].